The van der Waals surface area contributed by atoms with Gasteiger partial charge in [-0.15, -0.1) is 0 Å². The molecule has 0 saturated heterocycles. The maximum atomic E-state index is 13.8. The number of anilines is 1. The molecule has 0 unspecified atom stereocenters. The van der Waals surface area contributed by atoms with Crippen LogP contribution >= 0.6 is 11.8 Å². The van der Waals surface area contributed by atoms with Gasteiger partial charge < -0.3 is 10.4 Å². The van der Waals surface area contributed by atoms with Crippen molar-refractivity contribution in [3.8, 4) is 0 Å². The van der Waals surface area contributed by atoms with Crippen molar-refractivity contribution < 1.29 is 14.7 Å². The zero-order valence-corrected chi connectivity index (χ0v) is 23.5. The zero-order chi connectivity index (χ0) is 26.5. The number of benzene rings is 2. The molecular weight excluding hydrogens is 492 g/mol. The van der Waals surface area contributed by atoms with E-state index in [1.165, 1.54) is 38.5 Å². The summed E-state index contributed by atoms with van der Waals surface area (Å²) in [6.07, 6.45) is 13.5. The minimum Gasteiger partial charge on any atom is -0.481 e. The van der Waals surface area contributed by atoms with Crippen molar-refractivity contribution in [3.05, 3.63) is 54.1 Å². The first kappa shape index (κ1) is 27.1. The molecule has 6 rings (SSSR count). The lowest BCUT2D eigenvalue weighted by Crippen LogP contribution is -2.62. The number of urea groups is 1. The van der Waals surface area contributed by atoms with Gasteiger partial charge in [-0.2, -0.15) is 0 Å². The summed E-state index contributed by atoms with van der Waals surface area (Å²) in [6.45, 7) is 2.98. The molecule has 0 heterocycles. The Kier molecular flexibility index (Phi) is 8.67. The highest BCUT2D eigenvalue weighted by Crippen LogP contribution is 2.55. The van der Waals surface area contributed by atoms with E-state index in [1.807, 2.05) is 29.2 Å². The molecule has 2 N–H and O–H groups in total. The van der Waals surface area contributed by atoms with Gasteiger partial charge in [-0.1, -0.05) is 56.5 Å². The Bertz CT molecular complexity index is 1060. The third kappa shape index (κ3) is 6.74. The van der Waals surface area contributed by atoms with Gasteiger partial charge in [-0.05, 0) is 105 Å². The Hall–Kier alpha value is -2.47. The fourth-order valence-corrected chi connectivity index (χ4v) is 8.28. The molecule has 38 heavy (non-hydrogen) atoms. The number of unbranched alkanes of at least 4 members (excludes halogenated alkanes) is 4. The van der Waals surface area contributed by atoms with Crippen LogP contribution in [0.25, 0.3) is 0 Å². The van der Waals surface area contributed by atoms with Gasteiger partial charge in [0.15, 0.2) is 0 Å². The highest BCUT2D eigenvalue weighted by molar-refractivity contribution is 7.99. The van der Waals surface area contributed by atoms with Gasteiger partial charge in [0.1, 0.15) is 0 Å². The van der Waals surface area contributed by atoms with Gasteiger partial charge >= 0.3 is 12.0 Å². The quantitative estimate of drug-likeness (QED) is 0.271. The van der Waals surface area contributed by atoms with Crippen molar-refractivity contribution >= 4 is 29.4 Å². The molecule has 2 amide bonds. The number of carboxylic acids is 1. The van der Waals surface area contributed by atoms with Gasteiger partial charge in [0.25, 0.3) is 0 Å². The van der Waals surface area contributed by atoms with Crippen molar-refractivity contribution in [2.24, 2.45) is 17.8 Å². The molecule has 4 fully saturated rings. The lowest BCUT2D eigenvalue weighted by molar-refractivity contribution is -0.136. The summed E-state index contributed by atoms with van der Waals surface area (Å²) >= 11 is 1.65. The van der Waals surface area contributed by atoms with Crippen LogP contribution in [0.15, 0.2) is 58.3 Å². The number of rotatable bonds is 12. The largest absolute Gasteiger partial charge is 0.481 e. The van der Waals surface area contributed by atoms with E-state index in [0.717, 1.165) is 77.4 Å². The third-order valence-electron chi connectivity index (χ3n) is 8.80. The molecule has 0 aromatic heterocycles. The molecule has 0 aliphatic heterocycles. The Labute approximate surface area is 231 Å². The van der Waals surface area contributed by atoms with Crippen molar-refractivity contribution in [1.29, 1.82) is 0 Å². The summed E-state index contributed by atoms with van der Waals surface area (Å²) in [7, 11) is 0. The molecule has 204 valence electrons. The second-order valence-corrected chi connectivity index (χ2v) is 13.2. The fourth-order valence-electron chi connectivity index (χ4n) is 7.46. The van der Waals surface area contributed by atoms with Crippen LogP contribution in [-0.2, 0) is 11.2 Å². The number of amides is 2. The molecule has 5 nitrogen and oxygen atoms in total. The monoisotopic (exact) mass is 534 g/mol. The van der Waals surface area contributed by atoms with Gasteiger partial charge in [-0.25, -0.2) is 4.79 Å². The minimum atomic E-state index is -0.817. The Morgan fingerprint density at radius 1 is 0.868 bits per heavy atom. The van der Waals surface area contributed by atoms with Gasteiger partial charge in [0.2, 0.25) is 0 Å². The number of nitrogens with one attached hydrogen (secondary N) is 1. The second kappa shape index (κ2) is 12.1. The fraction of sp³-hybridized carbons (Fsp3) is 0.562. The molecule has 2 aromatic carbocycles. The van der Waals surface area contributed by atoms with Crippen molar-refractivity contribution in [1.82, 2.24) is 5.32 Å². The van der Waals surface area contributed by atoms with Crippen LogP contribution in [0.4, 0.5) is 10.5 Å². The van der Waals surface area contributed by atoms with E-state index in [-0.39, 0.29) is 18.0 Å². The van der Waals surface area contributed by atoms with Gasteiger partial charge in [0, 0.05) is 27.6 Å². The van der Waals surface area contributed by atoms with E-state index in [9.17, 15) is 9.59 Å². The topological polar surface area (TPSA) is 69.6 Å². The van der Waals surface area contributed by atoms with E-state index in [2.05, 4.69) is 36.5 Å². The van der Waals surface area contributed by atoms with Crippen molar-refractivity contribution in [3.63, 3.8) is 0 Å². The zero-order valence-electron chi connectivity index (χ0n) is 22.7. The summed E-state index contributed by atoms with van der Waals surface area (Å²) in [5.74, 6) is 1.60. The number of nitrogens with zero attached hydrogens (tertiary/aromatic N) is 1. The van der Waals surface area contributed by atoms with Crippen LogP contribution in [0.2, 0.25) is 0 Å². The van der Waals surface area contributed by atoms with Crippen molar-refractivity contribution in [2.45, 2.75) is 99.3 Å². The molecule has 6 heteroatoms. The van der Waals surface area contributed by atoms with Gasteiger partial charge in [0.05, 0.1) is 6.42 Å². The predicted octanol–water partition coefficient (Wildman–Crippen LogP) is 7.92. The average molecular weight is 535 g/mol. The Morgan fingerprint density at radius 3 is 1.97 bits per heavy atom. The van der Waals surface area contributed by atoms with E-state index >= 15 is 0 Å². The van der Waals surface area contributed by atoms with Crippen molar-refractivity contribution in [2.75, 3.05) is 11.4 Å². The number of carbonyl (C=O) groups is 2. The molecule has 0 spiro atoms. The van der Waals surface area contributed by atoms with E-state index in [0.29, 0.717) is 0 Å². The summed E-state index contributed by atoms with van der Waals surface area (Å²) < 4.78 is 0. The lowest BCUT2D eigenvalue weighted by Gasteiger charge is -2.57. The molecule has 0 atom stereocenters. The first-order valence-corrected chi connectivity index (χ1v) is 15.4. The number of hydrogen-bond acceptors (Lipinski definition) is 3. The molecule has 2 aromatic rings. The van der Waals surface area contributed by atoms with Crippen LogP contribution in [0.5, 0.6) is 0 Å². The highest BCUT2D eigenvalue weighted by Gasteiger charge is 2.51. The number of aliphatic carboxylic acids is 1. The highest BCUT2D eigenvalue weighted by atomic mass is 32.2. The van der Waals surface area contributed by atoms with Crippen LogP contribution in [0, 0.1) is 17.8 Å². The van der Waals surface area contributed by atoms with Crippen LogP contribution < -0.4 is 10.2 Å². The Balaban J connectivity index is 1.25. The summed E-state index contributed by atoms with van der Waals surface area (Å²) in [4.78, 5) is 28.9. The summed E-state index contributed by atoms with van der Waals surface area (Å²) in [5.41, 5.74) is 1.77. The standard InChI is InChI=1S/C32H42N2O3S/c1-2-3-4-5-6-15-34(31(37)33-32-20-24-16-25(21-32)18-26(17-24)22-32)27-9-13-29(14-10-27)38-28-11-7-23(8-12-28)19-30(35)36/h7-14,24-26H,2-6,15-22H2,1H3,(H,33,37)(H,35,36). The molecule has 4 aliphatic carbocycles. The maximum Gasteiger partial charge on any atom is 0.322 e. The van der Waals surface area contributed by atoms with E-state index in [1.54, 1.807) is 11.8 Å². The summed E-state index contributed by atoms with van der Waals surface area (Å²) in [6, 6.07) is 16.1. The first-order chi connectivity index (χ1) is 18.4. The SMILES string of the molecule is CCCCCCCN(C(=O)NC12CC3CC(CC(C3)C1)C2)c1ccc(Sc2ccc(CC(=O)O)cc2)cc1. The molecule has 4 aliphatic rings. The first-order valence-electron chi connectivity index (χ1n) is 14.6. The molecule has 4 bridgehead atoms. The predicted molar refractivity (Wildman–Crippen MR) is 154 cm³/mol. The maximum absolute atomic E-state index is 13.8. The smallest absolute Gasteiger partial charge is 0.322 e. The van der Waals surface area contributed by atoms with Crippen LogP contribution in [0.3, 0.4) is 0 Å². The minimum absolute atomic E-state index is 0.00882. The van der Waals surface area contributed by atoms with Gasteiger partial charge in [-0.3, -0.25) is 9.69 Å². The van der Waals surface area contributed by atoms with E-state index in [4.69, 9.17) is 5.11 Å². The third-order valence-corrected chi connectivity index (χ3v) is 9.82. The normalized spacial score (nSPS) is 25.3. The second-order valence-electron chi connectivity index (χ2n) is 12.0. The van der Waals surface area contributed by atoms with Crippen LogP contribution in [0.1, 0.15) is 83.1 Å². The number of carboxylic acid groups (broad SMARTS) is 1. The van der Waals surface area contributed by atoms with Crippen LogP contribution in [-0.4, -0.2) is 29.2 Å². The number of carbonyl (C=O) groups excluding carboxylic acids is 1. The number of hydrogen-bond donors (Lipinski definition) is 2. The molecule has 0 radical (unpaired) electrons. The molecular formula is C32H42N2O3S. The summed E-state index contributed by atoms with van der Waals surface area (Å²) in [5, 5.41) is 12.6. The lowest BCUT2D eigenvalue weighted by atomic mass is 9.53. The molecule has 4 saturated carbocycles. The Morgan fingerprint density at radius 2 is 1.42 bits per heavy atom. The average Bonchev–Trinajstić information content (AvgIpc) is 2.86. The van der Waals surface area contributed by atoms with E-state index < -0.39 is 5.97 Å².